The van der Waals surface area contributed by atoms with Crippen LogP contribution in [0.4, 0.5) is 4.79 Å². The molecule has 0 fully saturated rings. The molecule has 6 heteroatoms. The minimum atomic E-state index is -0.481. The Morgan fingerprint density at radius 1 is 1.39 bits per heavy atom. The number of amides is 1. The Labute approximate surface area is 140 Å². The Kier molecular flexibility index (Phi) is 7.06. The third kappa shape index (κ3) is 7.03. The number of ether oxygens (including phenoxy) is 1. The van der Waals surface area contributed by atoms with Gasteiger partial charge in [0.2, 0.25) is 0 Å². The number of hydrogen-bond donors (Lipinski definition) is 2. The van der Waals surface area contributed by atoms with Gasteiger partial charge in [-0.1, -0.05) is 20.8 Å². The van der Waals surface area contributed by atoms with Crippen LogP contribution in [0.5, 0.6) is 0 Å². The molecular formula is C17H32N4O2. The Morgan fingerprint density at radius 3 is 2.57 bits per heavy atom. The summed E-state index contributed by atoms with van der Waals surface area (Å²) in [4.78, 5) is 11.9. The molecule has 0 aromatic carbocycles. The van der Waals surface area contributed by atoms with Crippen LogP contribution in [0.3, 0.4) is 0 Å². The van der Waals surface area contributed by atoms with E-state index < -0.39 is 5.60 Å². The number of alkyl carbamates (subject to hydrolysis) is 1. The average Bonchev–Trinajstić information content (AvgIpc) is 2.75. The minimum absolute atomic E-state index is 0.0200. The molecule has 23 heavy (non-hydrogen) atoms. The van der Waals surface area contributed by atoms with Crippen LogP contribution in [0.1, 0.15) is 52.8 Å². The first-order chi connectivity index (χ1) is 10.6. The minimum Gasteiger partial charge on any atom is -0.444 e. The Morgan fingerprint density at radius 2 is 2.04 bits per heavy atom. The summed E-state index contributed by atoms with van der Waals surface area (Å²) in [5, 5.41) is 10.8. The highest BCUT2D eigenvalue weighted by molar-refractivity contribution is 5.68. The number of aromatic nitrogens is 2. The van der Waals surface area contributed by atoms with Gasteiger partial charge in [0.15, 0.2) is 0 Å². The summed E-state index contributed by atoms with van der Waals surface area (Å²) >= 11 is 0. The summed E-state index contributed by atoms with van der Waals surface area (Å²) in [5.74, 6) is 0.314. The van der Waals surface area contributed by atoms with Crippen molar-refractivity contribution in [2.45, 2.75) is 66.2 Å². The van der Waals surface area contributed by atoms with Gasteiger partial charge in [0.05, 0.1) is 5.69 Å². The SMILES string of the molecule is CCc1nn(C)cc1CNCC(NC(=O)OC(C)(C)C)C(C)C. The molecule has 2 N–H and O–H groups in total. The molecule has 0 bridgehead atoms. The molecule has 0 aliphatic heterocycles. The highest BCUT2D eigenvalue weighted by Crippen LogP contribution is 2.09. The third-order valence-corrected chi connectivity index (χ3v) is 3.51. The molecule has 0 saturated heterocycles. The number of carbonyl (C=O) groups excluding carboxylic acids is 1. The summed E-state index contributed by atoms with van der Waals surface area (Å²) in [6.07, 6.45) is 2.59. The van der Waals surface area contributed by atoms with E-state index in [1.807, 2.05) is 38.7 Å². The lowest BCUT2D eigenvalue weighted by Crippen LogP contribution is -2.47. The maximum atomic E-state index is 11.9. The van der Waals surface area contributed by atoms with Crippen molar-refractivity contribution < 1.29 is 9.53 Å². The quantitative estimate of drug-likeness (QED) is 0.809. The molecule has 1 rings (SSSR count). The smallest absolute Gasteiger partial charge is 0.407 e. The lowest BCUT2D eigenvalue weighted by molar-refractivity contribution is 0.0490. The molecule has 1 amide bonds. The van der Waals surface area contributed by atoms with Crippen molar-refractivity contribution in [1.29, 1.82) is 0 Å². The van der Waals surface area contributed by atoms with Crippen LogP contribution in [0, 0.1) is 5.92 Å². The average molecular weight is 324 g/mol. The zero-order chi connectivity index (χ0) is 17.6. The predicted octanol–water partition coefficient (Wildman–Crippen LogP) is 2.62. The molecule has 0 saturated carbocycles. The maximum absolute atomic E-state index is 11.9. The number of carbonyl (C=O) groups is 1. The second-order valence-electron chi connectivity index (χ2n) is 7.26. The second-order valence-corrected chi connectivity index (χ2v) is 7.26. The van der Waals surface area contributed by atoms with Gasteiger partial charge in [-0.05, 0) is 33.1 Å². The molecule has 0 aliphatic carbocycles. The first-order valence-corrected chi connectivity index (χ1v) is 8.34. The maximum Gasteiger partial charge on any atom is 0.407 e. The van der Waals surface area contributed by atoms with Gasteiger partial charge < -0.3 is 15.4 Å². The Hall–Kier alpha value is -1.56. The van der Waals surface area contributed by atoms with Crippen LogP contribution < -0.4 is 10.6 Å². The van der Waals surface area contributed by atoms with Crippen molar-refractivity contribution >= 4 is 6.09 Å². The molecule has 1 unspecified atom stereocenters. The van der Waals surface area contributed by atoms with E-state index in [1.165, 1.54) is 5.56 Å². The molecule has 1 aromatic rings. The molecule has 0 spiro atoms. The van der Waals surface area contributed by atoms with E-state index in [2.05, 4.69) is 36.5 Å². The van der Waals surface area contributed by atoms with E-state index in [-0.39, 0.29) is 12.1 Å². The highest BCUT2D eigenvalue weighted by Gasteiger charge is 2.21. The Balaban J connectivity index is 2.52. The van der Waals surface area contributed by atoms with E-state index in [9.17, 15) is 4.79 Å². The number of nitrogens with one attached hydrogen (secondary N) is 2. The summed E-state index contributed by atoms with van der Waals surface area (Å²) < 4.78 is 7.17. The van der Waals surface area contributed by atoms with Gasteiger partial charge in [-0.25, -0.2) is 4.79 Å². The number of nitrogens with zero attached hydrogens (tertiary/aromatic N) is 2. The third-order valence-electron chi connectivity index (χ3n) is 3.51. The lowest BCUT2D eigenvalue weighted by atomic mass is 10.0. The first kappa shape index (κ1) is 19.5. The zero-order valence-corrected chi connectivity index (χ0v) is 15.6. The molecule has 132 valence electrons. The molecule has 0 radical (unpaired) electrons. The van der Waals surface area contributed by atoms with Crippen LogP contribution in [0.15, 0.2) is 6.20 Å². The van der Waals surface area contributed by atoms with E-state index in [4.69, 9.17) is 4.74 Å². The number of hydrogen-bond acceptors (Lipinski definition) is 4. The molecule has 1 aromatic heterocycles. The molecule has 1 heterocycles. The van der Waals surface area contributed by atoms with Gasteiger partial charge in [0.25, 0.3) is 0 Å². The van der Waals surface area contributed by atoms with Crippen molar-refractivity contribution in [3.05, 3.63) is 17.5 Å². The summed E-state index contributed by atoms with van der Waals surface area (Å²) in [6.45, 7) is 13.3. The lowest BCUT2D eigenvalue weighted by Gasteiger charge is -2.26. The van der Waals surface area contributed by atoms with Crippen LogP contribution in [-0.2, 0) is 24.8 Å². The zero-order valence-electron chi connectivity index (χ0n) is 15.6. The van der Waals surface area contributed by atoms with E-state index in [1.54, 1.807) is 0 Å². The predicted molar refractivity (Wildman–Crippen MR) is 92.3 cm³/mol. The summed E-state index contributed by atoms with van der Waals surface area (Å²) in [6, 6.07) is 0.0200. The van der Waals surface area contributed by atoms with Gasteiger partial charge in [0.1, 0.15) is 5.60 Å². The van der Waals surface area contributed by atoms with Crippen LogP contribution >= 0.6 is 0 Å². The first-order valence-electron chi connectivity index (χ1n) is 8.34. The highest BCUT2D eigenvalue weighted by atomic mass is 16.6. The fraction of sp³-hybridized carbons (Fsp3) is 0.765. The fourth-order valence-electron chi connectivity index (χ4n) is 2.30. The topological polar surface area (TPSA) is 68.2 Å². The van der Waals surface area contributed by atoms with Crippen molar-refractivity contribution in [2.75, 3.05) is 6.54 Å². The van der Waals surface area contributed by atoms with Crippen LogP contribution in [-0.4, -0.2) is 34.1 Å². The molecule has 0 aliphatic rings. The summed E-state index contributed by atoms with van der Waals surface area (Å²) in [7, 11) is 1.93. The van der Waals surface area contributed by atoms with Crippen molar-refractivity contribution in [3.8, 4) is 0 Å². The van der Waals surface area contributed by atoms with E-state index in [0.29, 0.717) is 12.5 Å². The van der Waals surface area contributed by atoms with E-state index >= 15 is 0 Å². The van der Waals surface area contributed by atoms with Gasteiger partial charge in [0, 0.05) is 37.9 Å². The van der Waals surface area contributed by atoms with Crippen molar-refractivity contribution in [2.24, 2.45) is 13.0 Å². The standard InChI is InChI=1S/C17H32N4O2/c1-8-14-13(11-21(7)20-14)9-18-10-15(12(2)3)19-16(22)23-17(4,5)6/h11-12,15,18H,8-10H2,1-7H3,(H,19,22). The molecular weight excluding hydrogens is 292 g/mol. The molecule has 1 atom stereocenters. The van der Waals surface area contributed by atoms with Crippen LogP contribution in [0.2, 0.25) is 0 Å². The number of rotatable bonds is 7. The molecule has 6 nitrogen and oxygen atoms in total. The van der Waals surface area contributed by atoms with Gasteiger partial charge in [-0.3, -0.25) is 4.68 Å². The van der Waals surface area contributed by atoms with Gasteiger partial charge in [-0.15, -0.1) is 0 Å². The fourth-order valence-corrected chi connectivity index (χ4v) is 2.30. The van der Waals surface area contributed by atoms with Crippen molar-refractivity contribution in [1.82, 2.24) is 20.4 Å². The van der Waals surface area contributed by atoms with Gasteiger partial charge >= 0.3 is 6.09 Å². The second kappa shape index (κ2) is 8.34. The van der Waals surface area contributed by atoms with E-state index in [0.717, 1.165) is 18.7 Å². The summed E-state index contributed by atoms with van der Waals surface area (Å²) in [5.41, 5.74) is 1.83. The van der Waals surface area contributed by atoms with Crippen LogP contribution in [0.25, 0.3) is 0 Å². The monoisotopic (exact) mass is 324 g/mol. The Bertz CT molecular complexity index is 503. The van der Waals surface area contributed by atoms with Gasteiger partial charge in [-0.2, -0.15) is 5.10 Å². The normalized spacial score (nSPS) is 13.2. The largest absolute Gasteiger partial charge is 0.444 e. The number of aryl methyl sites for hydroxylation is 2. The van der Waals surface area contributed by atoms with Crippen molar-refractivity contribution in [3.63, 3.8) is 0 Å².